The van der Waals surface area contributed by atoms with Crippen molar-refractivity contribution in [3.8, 4) is 6.07 Å². The Labute approximate surface area is 67.4 Å². The highest BCUT2D eigenvalue weighted by Gasteiger charge is 2.38. The molecule has 4 heteroatoms. The van der Waals surface area contributed by atoms with Gasteiger partial charge in [-0.1, -0.05) is 13.3 Å². The van der Waals surface area contributed by atoms with Crippen LogP contribution in [0.4, 0.5) is 8.22 Å². The fourth-order valence-corrected chi connectivity index (χ4v) is 2.24. The lowest BCUT2D eigenvalue weighted by molar-refractivity contribution is 0.533. The molecular weight excluding hydrogens is 164 g/mol. The second-order valence-electron chi connectivity index (χ2n) is 2.80. The summed E-state index contributed by atoms with van der Waals surface area (Å²) in [5.41, 5.74) is -0.627. The summed E-state index contributed by atoms with van der Waals surface area (Å²) in [6.45, 7) is 2.88. The zero-order valence-corrected chi connectivity index (χ0v) is 7.90. The number of rotatable bonds is 4. The van der Waals surface area contributed by atoms with Crippen LogP contribution in [0.2, 0.25) is 12.1 Å². The molecule has 64 valence electrons. The SMILES string of the molecule is CCCC(CC#N)[Si](C)(F)F. The van der Waals surface area contributed by atoms with Crippen molar-refractivity contribution < 1.29 is 8.22 Å². The van der Waals surface area contributed by atoms with Gasteiger partial charge in [-0.3, -0.25) is 8.22 Å². The van der Waals surface area contributed by atoms with Gasteiger partial charge in [0.25, 0.3) is 0 Å². The molecule has 0 bridgehead atoms. The first-order valence-electron chi connectivity index (χ1n) is 3.77. The second kappa shape index (κ2) is 4.45. The molecule has 0 fully saturated rings. The van der Waals surface area contributed by atoms with Gasteiger partial charge >= 0.3 is 8.74 Å². The molecule has 1 atom stereocenters. The van der Waals surface area contributed by atoms with Crippen LogP contribution in [0.15, 0.2) is 0 Å². The Balaban J connectivity index is 4.01. The van der Waals surface area contributed by atoms with Crippen molar-refractivity contribution in [3.63, 3.8) is 0 Å². The maximum Gasteiger partial charge on any atom is 0.426 e. The number of nitriles is 1. The van der Waals surface area contributed by atoms with E-state index in [9.17, 15) is 8.22 Å². The summed E-state index contributed by atoms with van der Waals surface area (Å²) in [5, 5.41) is 8.27. The molecule has 0 aromatic rings. The highest BCUT2D eigenvalue weighted by atomic mass is 28.4. The van der Waals surface area contributed by atoms with Gasteiger partial charge in [-0.2, -0.15) is 5.26 Å². The fraction of sp³-hybridized carbons (Fsp3) is 0.857. The van der Waals surface area contributed by atoms with Crippen molar-refractivity contribution in [2.24, 2.45) is 0 Å². The minimum atomic E-state index is -4.05. The zero-order valence-electron chi connectivity index (χ0n) is 6.90. The fourth-order valence-electron chi connectivity index (χ4n) is 0.993. The van der Waals surface area contributed by atoms with Gasteiger partial charge in [0.1, 0.15) is 0 Å². The van der Waals surface area contributed by atoms with Gasteiger partial charge in [-0.25, -0.2) is 0 Å². The zero-order chi connectivity index (χ0) is 8.91. The Hall–Kier alpha value is -0.433. The molecule has 0 aromatic carbocycles. The van der Waals surface area contributed by atoms with E-state index in [1.165, 1.54) is 0 Å². The molecule has 0 aliphatic rings. The number of hydrogen-bond acceptors (Lipinski definition) is 1. The Kier molecular flexibility index (Phi) is 4.27. The van der Waals surface area contributed by atoms with Crippen molar-refractivity contribution in [1.82, 2.24) is 0 Å². The van der Waals surface area contributed by atoms with Crippen LogP contribution >= 0.6 is 0 Å². The van der Waals surface area contributed by atoms with Crippen molar-refractivity contribution in [3.05, 3.63) is 0 Å². The van der Waals surface area contributed by atoms with Crippen LogP contribution in [0.25, 0.3) is 0 Å². The summed E-state index contributed by atoms with van der Waals surface area (Å²) < 4.78 is 25.5. The molecule has 11 heavy (non-hydrogen) atoms. The van der Waals surface area contributed by atoms with Gasteiger partial charge in [0.15, 0.2) is 0 Å². The number of hydrogen-bond donors (Lipinski definition) is 0. The lowest BCUT2D eigenvalue weighted by Crippen LogP contribution is -2.25. The monoisotopic (exact) mass is 177 g/mol. The van der Waals surface area contributed by atoms with E-state index in [0.717, 1.165) is 13.0 Å². The van der Waals surface area contributed by atoms with Gasteiger partial charge in [-0.05, 0) is 13.0 Å². The molecule has 0 amide bonds. The molecule has 0 rings (SSSR count). The third kappa shape index (κ3) is 4.09. The normalized spacial score (nSPS) is 14.1. The number of nitrogens with zero attached hydrogens (tertiary/aromatic N) is 1. The molecule has 0 aliphatic carbocycles. The Morgan fingerprint density at radius 3 is 2.36 bits per heavy atom. The molecule has 0 radical (unpaired) electrons. The first-order chi connectivity index (χ1) is 5.02. The minimum Gasteiger partial charge on any atom is -0.270 e. The smallest absolute Gasteiger partial charge is 0.270 e. The topological polar surface area (TPSA) is 23.8 Å². The second-order valence-corrected chi connectivity index (χ2v) is 5.53. The summed E-state index contributed by atoms with van der Waals surface area (Å²) in [5.74, 6) is 0. The standard InChI is InChI=1S/C7H13F2NSi/c1-3-4-7(5-6-10)11(2,8)9/h7H,3-5H2,1-2H3. The molecule has 0 spiro atoms. The quantitative estimate of drug-likeness (QED) is 0.478. The molecule has 1 nitrogen and oxygen atoms in total. The molecule has 0 saturated heterocycles. The predicted molar refractivity (Wildman–Crippen MR) is 42.7 cm³/mol. The van der Waals surface area contributed by atoms with E-state index in [1.54, 1.807) is 0 Å². The van der Waals surface area contributed by atoms with E-state index >= 15 is 0 Å². The van der Waals surface area contributed by atoms with E-state index in [-0.39, 0.29) is 6.42 Å². The van der Waals surface area contributed by atoms with Crippen LogP contribution < -0.4 is 0 Å². The van der Waals surface area contributed by atoms with Crippen molar-refractivity contribution in [2.75, 3.05) is 0 Å². The Morgan fingerprint density at radius 2 is 2.09 bits per heavy atom. The summed E-state index contributed by atoms with van der Waals surface area (Å²) in [6.07, 6.45) is 1.25. The first kappa shape index (κ1) is 10.6. The highest BCUT2D eigenvalue weighted by molar-refractivity contribution is 6.66. The molecule has 0 aliphatic heterocycles. The molecule has 0 N–H and O–H groups in total. The summed E-state index contributed by atoms with van der Waals surface area (Å²) in [4.78, 5) is 0. The third-order valence-corrected chi connectivity index (χ3v) is 3.62. The van der Waals surface area contributed by atoms with Crippen LogP contribution in [-0.2, 0) is 0 Å². The summed E-state index contributed by atoms with van der Waals surface area (Å²) in [7, 11) is -4.05. The summed E-state index contributed by atoms with van der Waals surface area (Å²) in [6, 6.07) is 1.81. The van der Waals surface area contributed by atoms with E-state index in [2.05, 4.69) is 0 Å². The van der Waals surface area contributed by atoms with Crippen LogP contribution in [-0.4, -0.2) is 8.74 Å². The maximum absolute atomic E-state index is 12.7. The minimum absolute atomic E-state index is 0.0174. The average molecular weight is 177 g/mol. The lowest BCUT2D eigenvalue weighted by Gasteiger charge is -2.16. The van der Waals surface area contributed by atoms with Gasteiger partial charge in [-0.15, -0.1) is 0 Å². The number of halogens is 2. The highest BCUT2D eigenvalue weighted by Crippen LogP contribution is 2.31. The average Bonchev–Trinajstić information content (AvgIpc) is 1.85. The van der Waals surface area contributed by atoms with Crippen LogP contribution in [0.3, 0.4) is 0 Å². The summed E-state index contributed by atoms with van der Waals surface area (Å²) >= 11 is 0. The predicted octanol–water partition coefficient (Wildman–Crippen LogP) is 3.08. The first-order valence-corrected chi connectivity index (χ1v) is 6.10. The Bertz CT molecular complexity index is 148. The molecular formula is C7H13F2NSi. The van der Waals surface area contributed by atoms with Gasteiger partial charge in [0, 0.05) is 12.0 Å². The van der Waals surface area contributed by atoms with E-state index in [4.69, 9.17) is 5.26 Å². The van der Waals surface area contributed by atoms with E-state index < -0.39 is 14.3 Å². The van der Waals surface area contributed by atoms with Gasteiger partial charge in [0.05, 0.1) is 6.07 Å². The van der Waals surface area contributed by atoms with Crippen molar-refractivity contribution in [2.45, 2.75) is 38.3 Å². The third-order valence-electron chi connectivity index (χ3n) is 1.69. The lowest BCUT2D eigenvalue weighted by atomic mass is 10.2. The van der Waals surface area contributed by atoms with Crippen LogP contribution in [0.1, 0.15) is 26.2 Å². The van der Waals surface area contributed by atoms with Crippen molar-refractivity contribution >= 4 is 8.74 Å². The molecule has 0 saturated carbocycles. The van der Waals surface area contributed by atoms with E-state index in [1.807, 2.05) is 13.0 Å². The maximum atomic E-state index is 12.7. The van der Waals surface area contributed by atoms with E-state index in [0.29, 0.717) is 6.42 Å². The Morgan fingerprint density at radius 1 is 1.55 bits per heavy atom. The van der Waals surface area contributed by atoms with Crippen molar-refractivity contribution in [1.29, 1.82) is 5.26 Å². The van der Waals surface area contributed by atoms with Crippen LogP contribution in [0.5, 0.6) is 0 Å². The van der Waals surface area contributed by atoms with Gasteiger partial charge < -0.3 is 0 Å². The van der Waals surface area contributed by atoms with Gasteiger partial charge in [0.2, 0.25) is 0 Å². The molecule has 0 heterocycles. The van der Waals surface area contributed by atoms with Crippen LogP contribution in [0, 0.1) is 11.3 Å². The molecule has 0 aromatic heterocycles. The largest absolute Gasteiger partial charge is 0.426 e. The molecule has 1 unspecified atom stereocenters.